The van der Waals surface area contributed by atoms with Gasteiger partial charge in [-0.15, -0.1) is 0 Å². The van der Waals surface area contributed by atoms with Gasteiger partial charge in [0.15, 0.2) is 0 Å². The largest absolute Gasteiger partial charge is 0.337 e. The number of rotatable bonds is 7. The number of nitro benzene ring substituents is 1. The molecule has 1 aromatic rings. The highest BCUT2D eigenvalue weighted by atomic mass is 16.6. The highest BCUT2D eigenvalue weighted by Crippen LogP contribution is 2.18. The van der Waals surface area contributed by atoms with Crippen molar-refractivity contribution in [2.24, 2.45) is 0 Å². The van der Waals surface area contributed by atoms with Crippen molar-refractivity contribution in [1.29, 1.82) is 0 Å². The third-order valence-electron chi connectivity index (χ3n) is 4.27. The summed E-state index contributed by atoms with van der Waals surface area (Å²) in [5.74, 6) is -0.0117. The molecule has 0 saturated carbocycles. The number of carbonyl (C=O) groups excluding carboxylic acids is 1. The van der Waals surface area contributed by atoms with Crippen molar-refractivity contribution in [2.75, 3.05) is 32.7 Å². The molecular weight excluding hydrogens is 318 g/mol. The van der Waals surface area contributed by atoms with Crippen LogP contribution in [0.4, 0.5) is 5.69 Å². The Kier molecular flexibility index (Phi) is 7.35. The van der Waals surface area contributed by atoms with E-state index in [2.05, 4.69) is 11.8 Å². The van der Waals surface area contributed by atoms with Crippen molar-refractivity contribution in [3.63, 3.8) is 0 Å². The molecule has 134 valence electrons. The molecule has 6 nitrogen and oxygen atoms in total. The number of allylic oxidation sites excluding steroid dienone is 2. The summed E-state index contributed by atoms with van der Waals surface area (Å²) in [7, 11) is 0. The van der Waals surface area contributed by atoms with E-state index >= 15 is 0 Å². The highest BCUT2D eigenvalue weighted by molar-refractivity contribution is 5.88. The Morgan fingerprint density at radius 2 is 1.92 bits per heavy atom. The molecule has 6 heteroatoms. The van der Waals surface area contributed by atoms with Crippen molar-refractivity contribution < 1.29 is 9.72 Å². The summed E-state index contributed by atoms with van der Waals surface area (Å²) in [4.78, 5) is 27.0. The van der Waals surface area contributed by atoms with Crippen LogP contribution in [0.2, 0.25) is 0 Å². The Labute approximate surface area is 148 Å². The number of piperazine rings is 1. The van der Waals surface area contributed by atoms with Gasteiger partial charge in [0.25, 0.3) is 5.69 Å². The van der Waals surface area contributed by atoms with Crippen molar-refractivity contribution in [3.8, 4) is 0 Å². The lowest BCUT2D eigenvalue weighted by molar-refractivity contribution is -0.385. The van der Waals surface area contributed by atoms with E-state index in [-0.39, 0.29) is 11.6 Å². The lowest BCUT2D eigenvalue weighted by Crippen LogP contribution is -2.48. The molecule has 0 atom stereocenters. The fourth-order valence-corrected chi connectivity index (χ4v) is 2.77. The molecule has 25 heavy (non-hydrogen) atoms. The van der Waals surface area contributed by atoms with Gasteiger partial charge in [-0.3, -0.25) is 19.8 Å². The van der Waals surface area contributed by atoms with E-state index in [1.54, 1.807) is 36.4 Å². The first kappa shape index (κ1) is 18.9. The van der Waals surface area contributed by atoms with Crippen LogP contribution in [0.1, 0.15) is 25.3 Å². The first-order valence-electron chi connectivity index (χ1n) is 8.71. The number of benzene rings is 1. The maximum atomic E-state index is 12.2. The summed E-state index contributed by atoms with van der Waals surface area (Å²) in [5.41, 5.74) is 0.579. The number of nitro groups is 1. The van der Waals surface area contributed by atoms with Gasteiger partial charge in [-0.2, -0.15) is 0 Å². The van der Waals surface area contributed by atoms with Gasteiger partial charge in [-0.25, -0.2) is 0 Å². The van der Waals surface area contributed by atoms with Gasteiger partial charge in [-0.05, 0) is 25.1 Å². The Morgan fingerprint density at radius 1 is 1.20 bits per heavy atom. The van der Waals surface area contributed by atoms with Crippen LogP contribution in [0.3, 0.4) is 0 Å². The predicted molar refractivity (Wildman–Crippen MR) is 99.2 cm³/mol. The highest BCUT2D eigenvalue weighted by Gasteiger charge is 2.18. The van der Waals surface area contributed by atoms with Crippen molar-refractivity contribution in [3.05, 3.63) is 58.2 Å². The zero-order valence-electron chi connectivity index (χ0n) is 14.6. The van der Waals surface area contributed by atoms with Gasteiger partial charge in [0.1, 0.15) is 0 Å². The van der Waals surface area contributed by atoms with Crippen molar-refractivity contribution >= 4 is 17.7 Å². The number of hydrogen-bond acceptors (Lipinski definition) is 4. The Morgan fingerprint density at radius 3 is 2.60 bits per heavy atom. The maximum Gasteiger partial charge on any atom is 0.276 e. The fourth-order valence-electron chi connectivity index (χ4n) is 2.77. The van der Waals surface area contributed by atoms with Gasteiger partial charge < -0.3 is 4.90 Å². The van der Waals surface area contributed by atoms with Gasteiger partial charge >= 0.3 is 0 Å². The van der Waals surface area contributed by atoms with E-state index in [1.807, 2.05) is 4.90 Å². The van der Waals surface area contributed by atoms with Crippen molar-refractivity contribution in [2.45, 2.75) is 19.8 Å². The minimum Gasteiger partial charge on any atom is -0.337 e. The smallest absolute Gasteiger partial charge is 0.276 e. The van der Waals surface area contributed by atoms with E-state index in [4.69, 9.17) is 0 Å². The third-order valence-corrected chi connectivity index (χ3v) is 4.27. The second kappa shape index (κ2) is 9.74. The van der Waals surface area contributed by atoms with E-state index in [9.17, 15) is 14.9 Å². The lowest BCUT2D eigenvalue weighted by Gasteiger charge is -2.34. The number of unbranched alkanes of at least 4 members (excludes halogenated alkanes) is 1. The van der Waals surface area contributed by atoms with Gasteiger partial charge in [-0.1, -0.05) is 37.6 Å². The molecule has 1 heterocycles. The quantitative estimate of drug-likeness (QED) is 0.330. The van der Waals surface area contributed by atoms with Crippen LogP contribution in [0.5, 0.6) is 0 Å². The first-order valence-corrected chi connectivity index (χ1v) is 8.71. The Balaban J connectivity index is 1.84. The van der Waals surface area contributed by atoms with Crippen LogP contribution in [-0.2, 0) is 4.79 Å². The second-order valence-corrected chi connectivity index (χ2v) is 6.05. The summed E-state index contributed by atoms with van der Waals surface area (Å²) in [5, 5.41) is 11.0. The monoisotopic (exact) mass is 343 g/mol. The summed E-state index contributed by atoms with van der Waals surface area (Å²) in [6.07, 6.45) is 8.86. The molecule has 1 aliphatic heterocycles. The van der Waals surface area contributed by atoms with Crippen LogP contribution < -0.4 is 0 Å². The van der Waals surface area contributed by atoms with E-state index in [1.165, 1.54) is 25.0 Å². The molecule has 1 fully saturated rings. The van der Waals surface area contributed by atoms with Crippen LogP contribution in [-0.4, -0.2) is 53.4 Å². The number of nitrogens with zero attached hydrogens (tertiary/aromatic N) is 3. The minimum atomic E-state index is -0.410. The average Bonchev–Trinajstić information content (AvgIpc) is 2.64. The molecule has 1 amide bonds. The molecule has 0 unspecified atom stereocenters. The molecule has 0 N–H and O–H groups in total. The molecule has 0 spiro atoms. The Bertz CT molecular complexity index is 647. The number of para-hydroxylation sites is 1. The summed E-state index contributed by atoms with van der Waals surface area (Å²) in [6, 6.07) is 6.53. The molecule has 1 saturated heterocycles. The summed E-state index contributed by atoms with van der Waals surface area (Å²) >= 11 is 0. The van der Waals surface area contributed by atoms with E-state index in [0.717, 1.165) is 32.7 Å². The minimum absolute atomic E-state index is 0.0117. The average molecular weight is 343 g/mol. The first-order chi connectivity index (χ1) is 12.1. The number of hydrogen-bond donors (Lipinski definition) is 0. The van der Waals surface area contributed by atoms with Crippen LogP contribution in [0, 0.1) is 10.1 Å². The zero-order valence-corrected chi connectivity index (χ0v) is 14.6. The lowest BCUT2D eigenvalue weighted by atomic mass is 10.1. The molecule has 0 aliphatic carbocycles. The zero-order chi connectivity index (χ0) is 18.1. The molecule has 1 aliphatic rings. The molecule has 0 aromatic heterocycles. The van der Waals surface area contributed by atoms with Gasteiger partial charge in [0.2, 0.25) is 5.91 Å². The summed E-state index contributed by atoms with van der Waals surface area (Å²) < 4.78 is 0. The van der Waals surface area contributed by atoms with E-state index < -0.39 is 4.92 Å². The molecule has 1 aromatic carbocycles. The van der Waals surface area contributed by atoms with Gasteiger partial charge in [0.05, 0.1) is 10.5 Å². The maximum absolute atomic E-state index is 12.2. The standard InChI is InChI=1S/C19H25N3O3/c1-2-3-12-20-13-15-21(16-14-20)19(23)11-7-5-9-17-8-4-6-10-18(17)22(24)25/h4-11H,2-3,12-16H2,1H3/b9-5+,11-7+. The Hall–Kier alpha value is -2.47. The fraction of sp³-hybridized carbons (Fsp3) is 0.421. The number of amides is 1. The predicted octanol–water partition coefficient (Wildman–Crippen LogP) is 3.11. The topological polar surface area (TPSA) is 66.7 Å². The van der Waals surface area contributed by atoms with Crippen LogP contribution >= 0.6 is 0 Å². The van der Waals surface area contributed by atoms with Crippen LogP contribution in [0.15, 0.2) is 42.5 Å². The third kappa shape index (κ3) is 5.83. The van der Waals surface area contributed by atoms with Gasteiger partial charge in [0, 0.05) is 38.3 Å². The summed E-state index contributed by atoms with van der Waals surface area (Å²) in [6.45, 7) is 6.63. The SMILES string of the molecule is CCCCN1CCN(C(=O)/C=C/C=C/c2ccccc2[N+](=O)[O-])CC1. The molecular formula is C19H25N3O3. The van der Waals surface area contributed by atoms with Crippen molar-refractivity contribution in [1.82, 2.24) is 9.80 Å². The molecule has 0 bridgehead atoms. The number of carbonyl (C=O) groups is 1. The molecule has 0 radical (unpaired) electrons. The second-order valence-electron chi connectivity index (χ2n) is 6.05. The van der Waals surface area contributed by atoms with E-state index in [0.29, 0.717) is 5.56 Å². The van der Waals surface area contributed by atoms with Crippen LogP contribution in [0.25, 0.3) is 6.08 Å². The molecule has 2 rings (SSSR count). The normalized spacial score (nSPS) is 16.0.